The van der Waals surface area contributed by atoms with Gasteiger partial charge in [0.1, 0.15) is 5.58 Å². The third-order valence-corrected chi connectivity index (χ3v) is 3.18. The van der Waals surface area contributed by atoms with Gasteiger partial charge in [-0.2, -0.15) is 0 Å². The van der Waals surface area contributed by atoms with Crippen LogP contribution in [-0.4, -0.2) is 25.0 Å². The zero-order valence-corrected chi connectivity index (χ0v) is 9.40. The second-order valence-electron chi connectivity index (χ2n) is 4.29. The Kier molecular flexibility index (Phi) is 2.57. The van der Waals surface area contributed by atoms with Crippen molar-refractivity contribution in [3.05, 3.63) is 36.1 Å². The molecule has 0 spiro atoms. The van der Waals surface area contributed by atoms with Crippen molar-refractivity contribution in [3.63, 3.8) is 0 Å². The summed E-state index contributed by atoms with van der Waals surface area (Å²) in [5.74, 6) is -0.0364. The fourth-order valence-electron chi connectivity index (χ4n) is 2.03. The molecule has 1 aromatic heterocycles. The average Bonchev–Trinajstić information content (AvgIpc) is 2.74. The molecule has 1 saturated heterocycles. The van der Waals surface area contributed by atoms with Gasteiger partial charge in [0.05, 0.1) is 11.8 Å². The molecule has 2 aromatic rings. The fraction of sp³-hybridized carbons (Fsp3) is 0.308. The van der Waals surface area contributed by atoms with Gasteiger partial charge in [0, 0.05) is 18.0 Å². The summed E-state index contributed by atoms with van der Waals surface area (Å²) in [6.07, 6.45) is 2.74. The number of fused-ring (bicyclic) bond motifs is 1. The number of benzene rings is 1. The smallest absolute Gasteiger partial charge is 0.252 e. The Bertz CT molecular complexity index is 543. The first-order chi connectivity index (χ1) is 8.34. The van der Waals surface area contributed by atoms with E-state index in [1.807, 2.05) is 24.3 Å². The summed E-state index contributed by atoms with van der Waals surface area (Å²) < 4.78 is 5.27. The first-order valence-corrected chi connectivity index (χ1v) is 5.82. The topological polar surface area (TPSA) is 54.3 Å². The molecule has 2 heterocycles. The van der Waals surface area contributed by atoms with Gasteiger partial charge in [-0.3, -0.25) is 4.79 Å². The first-order valence-electron chi connectivity index (χ1n) is 5.82. The number of carbonyl (C=O) groups excluding carboxylic acids is 1. The van der Waals surface area contributed by atoms with Crippen LogP contribution in [0.2, 0.25) is 0 Å². The predicted octanol–water partition coefficient (Wildman–Crippen LogP) is 1.52. The summed E-state index contributed by atoms with van der Waals surface area (Å²) in [6.45, 7) is 1.74. The molecular formula is C13H14N2O2. The molecule has 17 heavy (non-hydrogen) atoms. The number of furan rings is 1. The quantitative estimate of drug-likeness (QED) is 0.840. The summed E-state index contributed by atoms with van der Waals surface area (Å²) in [5, 5.41) is 7.06. The van der Waals surface area contributed by atoms with Crippen LogP contribution < -0.4 is 10.6 Å². The Balaban J connectivity index is 1.77. The Morgan fingerprint density at radius 2 is 2.35 bits per heavy atom. The van der Waals surface area contributed by atoms with E-state index in [9.17, 15) is 4.79 Å². The fourth-order valence-corrected chi connectivity index (χ4v) is 2.03. The van der Waals surface area contributed by atoms with Gasteiger partial charge >= 0.3 is 0 Å². The van der Waals surface area contributed by atoms with Crippen molar-refractivity contribution in [2.75, 3.05) is 13.1 Å². The first kappa shape index (κ1) is 10.4. The van der Waals surface area contributed by atoms with Crippen LogP contribution in [0.25, 0.3) is 11.0 Å². The molecule has 4 nitrogen and oxygen atoms in total. The highest BCUT2D eigenvalue weighted by Gasteiger charge is 2.18. The summed E-state index contributed by atoms with van der Waals surface area (Å²) in [7, 11) is 0. The van der Waals surface area contributed by atoms with E-state index in [-0.39, 0.29) is 5.91 Å². The minimum absolute atomic E-state index is 0.0364. The second-order valence-corrected chi connectivity index (χ2v) is 4.29. The minimum atomic E-state index is -0.0364. The predicted molar refractivity (Wildman–Crippen MR) is 65.0 cm³/mol. The SMILES string of the molecule is O=C(NCC1CCN1)c1cccc2occc12. The van der Waals surface area contributed by atoms with E-state index >= 15 is 0 Å². The number of carbonyl (C=O) groups is 1. The lowest BCUT2D eigenvalue weighted by Gasteiger charge is -2.27. The van der Waals surface area contributed by atoms with E-state index in [4.69, 9.17) is 4.42 Å². The third kappa shape index (κ3) is 1.91. The molecule has 0 saturated carbocycles. The maximum Gasteiger partial charge on any atom is 0.252 e. The molecule has 1 unspecified atom stereocenters. The summed E-state index contributed by atoms with van der Waals surface area (Å²) in [4.78, 5) is 12.0. The molecule has 88 valence electrons. The molecule has 0 bridgehead atoms. The molecule has 1 aromatic carbocycles. The Hall–Kier alpha value is -1.81. The number of amides is 1. The van der Waals surface area contributed by atoms with Gasteiger partial charge in [-0.05, 0) is 31.2 Å². The van der Waals surface area contributed by atoms with E-state index < -0.39 is 0 Å². The average molecular weight is 230 g/mol. The van der Waals surface area contributed by atoms with Crippen LogP contribution in [0.4, 0.5) is 0 Å². The van der Waals surface area contributed by atoms with Gasteiger partial charge in [-0.1, -0.05) is 6.07 Å². The lowest BCUT2D eigenvalue weighted by Crippen LogP contribution is -2.50. The molecular weight excluding hydrogens is 216 g/mol. The number of hydrogen-bond acceptors (Lipinski definition) is 3. The van der Waals surface area contributed by atoms with E-state index in [1.165, 1.54) is 0 Å². The van der Waals surface area contributed by atoms with Gasteiger partial charge in [0.2, 0.25) is 0 Å². The largest absolute Gasteiger partial charge is 0.464 e. The molecule has 1 amide bonds. The molecule has 1 fully saturated rings. The molecule has 2 N–H and O–H groups in total. The van der Waals surface area contributed by atoms with Crippen molar-refractivity contribution in [2.24, 2.45) is 0 Å². The summed E-state index contributed by atoms with van der Waals surface area (Å²) in [5.41, 5.74) is 1.43. The zero-order chi connectivity index (χ0) is 11.7. The van der Waals surface area contributed by atoms with Crippen LogP contribution in [0.1, 0.15) is 16.8 Å². The van der Waals surface area contributed by atoms with Crippen LogP contribution in [0.5, 0.6) is 0 Å². The van der Waals surface area contributed by atoms with Crippen LogP contribution in [0.3, 0.4) is 0 Å². The van der Waals surface area contributed by atoms with Crippen LogP contribution >= 0.6 is 0 Å². The molecule has 1 aliphatic rings. The van der Waals surface area contributed by atoms with Crippen molar-refractivity contribution in [2.45, 2.75) is 12.5 Å². The van der Waals surface area contributed by atoms with Crippen molar-refractivity contribution in [1.82, 2.24) is 10.6 Å². The lowest BCUT2D eigenvalue weighted by molar-refractivity contribution is 0.0947. The summed E-state index contributed by atoms with van der Waals surface area (Å²) >= 11 is 0. The Morgan fingerprint density at radius 3 is 3.12 bits per heavy atom. The van der Waals surface area contributed by atoms with E-state index in [1.54, 1.807) is 6.26 Å². The van der Waals surface area contributed by atoms with Crippen molar-refractivity contribution in [1.29, 1.82) is 0 Å². The second kappa shape index (κ2) is 4.22. The third-order valence-electron chi connectivity index (χ3n) is 3.18. The monoisotopic (exact) mass is 230 g/mol. The van der Waals surface area contributed by atoms with Crippen molar-refractivity contribution >= 4 is 16.9 Å². The summed E-state index contributed by atoms with van der Waals surface area (Å²) in [6, 6.07) is 7.78. The van der Waals surface area contributed by atoms with Gasteiger partial charge in [0.25, 0.3) is 5.91 Å². The number of hydrogen-bond donors (Lipinski definition) is 2. The zero-order valence-electron chi connectivity index (χ0n) is 9.40. The highest BCUT2D eigenvalue weighted by Crippen LogP contribution is 2.19. The van der Waals surface area contributed by atoms with Gasteiger partial charge in [-0.15, -0.1) is 0 Å². The normalized spacial score (nSPS) is 18.9. The molecule has 0 radical (unpaired) electrons. The molecule has 1 atom stereocenters. The van der Waals surface area contributed by atoms with Gasteiger partial charge in [0.15, 0.2) is 0 Å². The Morgan fingerprint density at radius 1 is 1.47 bits per heavy atom. The Labute approximate surface area is 99.0 Å². The van der Waals surface area contributed by atoms with E-state index in [2.05, 4.69) is 10.6 Å². The standard InChI is InChI=1S/C13H14N2O2/c16-13(15-8-9-4-6-14-9)11-2-1-3-12-10(11)5-7-17-12/h1-3,5,7,9,14H,4,6,8H2,(H,15,16). The van der Waals surface area contributed by atoms with Crippen molar-refractivity contribution in [3.8, 4) is 0 Å². The van der Waals surface area contributed by atoms with E-state index in [0.29, 0.717) is 18.2 Å². The molecule has 0 aliphatic carbocycles. The van der Waals surface area contributed by atoms with Crippen molar-refractivity contribution < 1.29 is 9.21 Å². The maximum atomic E-state index is 12.0. The highest BCUT2D eigenvalue weighted by molar-refractivity contribution is 6.05. The highest BCUT2D eigenvalue weighted by atomic mass is 16.3. The van der Waals surface area contributed by atoms with Crippen LogP contribution in [-0.2, 0) is 0 Å². The molecule has 1 aliphatic heterocycles. The van der Waals surface area contributed by atoms with Gasteiger partial charge < -0.3 is 15.1 Å². The van der Waals surface area contributed by atoms with Crippen LogP contribution in [0, 0.1) is 0 Å². The molecule has 4 heteroatoms. The maximum absolute atomic E-state index is 12.0. The number of rotatable bonds is 3. The van der Waals surface area contributed by atoms with Gasteiger partial charge in [-0.25, -0.2) is 0 Å². The van der Waals surface area contributed by atoms with Crippen LogP contribution in [0.15, 0.2) is 34.9 Å². The number of nitrogens with one attached hydrogen (secondary N) is 2. The van der Waals surface area contributed by atoms with E-state index in [0.717, 1.165) is 23.9 Å². The lowest BCUT2D eigenvalue weighted by atomic mass is 10.1. The molecule has 3 rings (SSSR count). The minimum Gasteiger partial charge on any atom is -0.464 e.